The zero-order chi connectivity index (χ0) is 10.7. The lowest BCUT2D eigenvalue weighted by Crippen LogP contribution is -2.41. The quantitative estimate of drug-likeness (QED) is 0.797. The number of nitrogens with zero attached hydrogens (tertiary/aromatic N) is 1. The van der Waals surface area contributed by atoms with Gasteiger partial charge in [0.1, 0.15) is 0 Å². The Balaban J connectivity index is 1.91. The molecule has 1 fully saturated rings. The number of benzene rings is 1. The summed E-state index contributed by atoms with van der Waals surface area (Å²) in [7, 11) is 0. The van der Waals surface area contributed by atoms with Crippen LogP contribution in [0, 0.1) is 5.92 Å². The molecule has 0 aromatic heterocycles. The van der Waals surface area contributed by atoms with E-state index in [-0.39, 0.29) is 6.10 Å². The van der Waals surface area contributed by atoms with Gasteiger partial charge in [0.15, 0.2) is 0 Å². The average molecular weight is 205 g/mol. The number of aliphatic hydroxyl groups is 1. The molecular formula is C13H19NO. The van der Waals surface area contributed by atoms with Crippen LogP contribution in [-0.2, 0) is 6.54 Å². The third kappa shape index (κ3) is 2.80. The van der Waals surface area contributed by atoms with Gasteiger partial charge < -0.3 is 5.11 Å². The van der Waals surface area contributed by atoms with Gasteiger partial charge in [-0.1, -0.05) is 37.3 Å². The molecule has 1 heterocycles. The van der Waals surface area contributed by atoms with Crippen LogP contribution in [0.4, 0.5) is 0 Å². The molecule has 0 spiro atoms. The maximum Gasteiger partial charge on any atom is 0.0590 e. The predicted octanol–water partition coefficient (Wildman–Crippen LogP) is 1.89. The van der Waals surface area contributed by atoms with E-state index in [4.69, 9.17) is 0 Å². The molecule has 1 unspecified atom stereocenters. The summed E-state index contributed by atoms with van der Waals surface area (Å²) >= 11 is 0. The first-order valence-corrected chi connectivity index (χ1v) is 5.70. The first-order valence-electron chi connectivity index (χ1n) is 5.70. The largest absolute Gasteiger partial charge is 0.393 e. The molecule has 2 nitrogen and oxygen atoms in total. The third-order valence-corrected chi connectivity index (χ3v) is 3.19. The van der Waals surface area contributed by atoms with Gasteiger partial charge in [-0.2, -0.15) is 0 Å². The fourth-order valence-electron chi connectivity index (χ4n) is 2.20. The molecule has 1 aromatic carbocycles. The van der Waals surface area contributed by atoms with Gasteiger partial charge >= 0.3 is 0 Å². The number of hydrogen-bond donors (Lipinski definition) is 1. The summed E-state index contributed by atoms with van der Waals surface area (Å²) in [5, 5.41) is 9.63. The van der Waals surface area contributed by atoms with Crippen LogP contribution >= 0.6 is 0 Å². The van der Waals surface area contributed by atoms with Crippen molar-refractivity contribution in [2.24, 2.45) is 5.92 Å². The van der Waals surface area contributed by atoms with E-state index in [2.05, 4.69) is 36.1 Å². The van der Waals surface area contributed by atoms with Crippen molar-refractivity contribution in [1.82, 2.24) is 4.90 Å². The van der Waals surface area contributed by atoms with E-state index in [0.29, 0.717) is 5.92 Å². The summed E-state index contributed by atoms with van der Waals surface area (Å²) in [6.45, 7) is 5.16. The van der Waals surface area contributed by atoms with Gasteiger partial charge in [0, 0.05) is 19.6 Å². The first-order chi connectivity index (χ1) is 7.25. The molecule has 0 aliphatic carbocycles. The first kappa shape index (κ1) is 10.7. The van der Waals surface area contributed by atoms with Crippen molar-refractivity contribution in [2.75, 3.05) is 13.1 Å². The van der Waals surface area contributed by atoms with Crippen LogP contribution in [0.25, 0.3) is 0 Å². The van der Waals surface area contributed by atoms with E-state index in [1.807, 2.05) is 6.07 Å². The Morgan fingerprint density at radius 1 is 1.33 bits per heavy atom. The Kier molecular flexibility index (Phi) is 3.39. The molecule has 15 heavy (non-hydrogen) atoms. The highest BCUT2D eigenvalue weighted by Gasteiger charge is 2.23. The van der Waals surface area contributed by atoms with Gasteiger partial charge in [-0.15, -0.1) is 0 Å². The maximum atomic E-state index is 9.63. The normalized spacial score (nSPS) is 27.9. The molecule has 0 saturated carbocycles. The fraction of sp³-hybridized carbons (Fsp3) is 0.538. The van der Waals surface area contributed by atoms with E-state index in [1.165, 1.54) is 5.56 Å². The Morgan fingerprint density at radius 3 is 2.73 bits per heavy atom. The van der Waals surface area contributed by atoms with Crippen LogP contribution in [0.3, 0.4) is 0 Å². The van der Waals surface area contributed by atoms with E-state index < -0.39 is 0 Å². The van der Waals surface area contributed by atoms with E-state index in [1.54, 1.807) is 0 Å². The number of hydrogen-bond acceptors (Lipinski definition) is 2. The molecule has 1 aliphatic rings. The molecule has 1 saturated heterocycles. The van der Waals surface area contributed by atoms with E-state index >= 15 is 0 Å². The van der Waals surface area contributed by atoms with Crippen LogP contribution in [0.1, 0.15) is 18.9 Å². The second-order valence-corrected chi connectivity index (χ2v) is 4.55. The highest BCUT2D eigenvalue weighted by atomic mass is 16.3. The van der Waals surface area contributed by atoms with Gasteiger partial charge in [-0.3, -0.25) is 4.90 Å². The monoisotopic (exact) mass is 205 g/mol. The number of aliphatic hydroxyl groups excluding tert-OH is 1. The Labute approximate surface area is 91.5 Å². The van der Waals surface area contributed by atoms with Crippen LogP contribution in [-0.4, -0.2) is 29.2 Å². The van der Waals surface area contributed by atoms with Crippen molar-refractivity contribution in [3.8, 4) is 0 Å². The van der Waals surface area contributed by atoms with Gasteiger partial charge in [-0.05, 0) is 17.9 Å². The third-order valence-electron chi connectivity index (χ3n) is 3.19. The summed E-state index contributed by atoms with van der Waals surface area (Å²) < 4.78 is 0. The smallest absolute Gasteiger partial charge is 0.0590 e. The second kappa shape index (κ2) is 4.77. The van der Waals surface area contributed by atoms with Crippen molar-refractivity contribution in [3.63, 3.8) is 0 Å². The molecule has 0 amide bonds. The molecule has 0 radical (unpaired) electrons. The molecule has 82 valence electrons. The fourth-order valence-corrected chi connectivity index (χ4v) is 2.20. The topological polar surface area (TPSA) is 23.5 Å². The molecule has 1 aromatic rings. The zero-order valence-electron chi connectivity index (χ0n) is 9.26. The molecule has 2 heteroatoms. The molecule has 1 N–H and O–H groups in total. The van der Waals surface area contributed by atoms with Crippen molar-refractivity contribution in [2.45, 2.75) is 26.0 Å². The summed E-state index contributed by atoms with van der Waals surface area (Å²) in [4.78, 5) is 2.42. The predicted molar refractivity (Wildman–Crippen MR) is 61.5 cm³/mol. The number of piperidine rings is 1. The molecule has 2 rings (SSSR count). The second-order valence-electron chi connectivity index (χ2n) is 4.55. The summed E-state index contributed by atoms with van der Waals surface area (Å²) in [6.07, 6.45) is 0.811. The summed E-state index contributed by atoms with van der Waals surface area (Å²) in [5.74, 6) is 0.405. The van der Waals surface area contributed by atoms with Gasteiger partial charge in [0.05, 0.1) is 6.10 Å². The number of likely N-dealkylation sites (tertiary alicyclic amines) is 1. The Hall–Kier alpha value is -0.860. The lowest BCUT2D eigenvalue weighted by molar-refractivity contribution is 0.0320. The molecule has 1 aliphatic heterocycles. The minimum absolute atomic E-state index is 0.1000. The van der Waals surface area contributed by atoms with Crippen LogP contribution in [0.5, 0.6) is 0 Å². The van der Waals surface area contributed by atoms with Crippen molar-refractivity contribution >= 4 is 0 Å². The molecule has 2 atom stereocenters. The van der Waals surface area contributed by atoms with Crippen molar-refractivity contribution in [3.05, 3.63) is 35.9 Å². The highest BCUT2D eigenvalue weighted by Crippen LogP contribution is 2.18. The summed E-state index contributed by atoms with van der Waals surface area (Å²) in [5.41, 5.74) is 1.36. The standard InChI is InChI=1S/C13H19NO/c1-11-9-14(8-7-13(11)15)10-12-5-3-2-4-6-12/h2-6,11,13,15H,7-10H2,1H3/t11?,13-/m1/s1. The lowest BCUT2D eigenvalue weighted by atomic mass is 9.96. The van der Waals surface area contributed by atoms with Gasteiger partial charge in [-0.25, -0.2) is 0 Å². The van der Waals surface area contributed by atoms with E-state index in [9.17, 15) is 5.11 Å². The minimum Gasteiger partial charge on any atom is -0.393 e. The molecule has 0 bridgehead atoms. The maximum absolute atomic E-state index is 9.63. The summed E-state index contributed by atoms with van der Waals surface area (Å²) in [6, 6.07) is 10.5. The number of rotatable bonds is 2. The van der Waals surface area contributed by atoms with Crippen LogP contribution in [0.15, 0.2) is 30.3 Å². The van der Waals surface area contributed by atoms with Gasteiger partial charge in [0.25, 0.3) is 0 Å². The SMILES string of the molecule is CC1CN(Cc2ccccc2)CC[C@H]1O. The van der Waals surface area contributed by atoms with Crippen LogP contribution in [0.2, 0.25) is 0 Å². The zero-order valence-corrected chi connectivity index (χ0v) is 9.26. The van der Waals surface area contributed by atoms with Crippen molar-refractivity contribution < 1.29 is 5.11 Å². The Bertz CT molecular complexity index is 299. The highest BCUT2D eigenvalue weighted by molar-refractivity contribution is 5.14. The van der Waals surface area contributed by atoms with E-state index in [0.717, 1.165) is 26.1 Å². The van der Waals surface area contributed by atoms with Gasteiger partial charge in [0.2, 0.25) is 0 Å². The lowest BCUT2D eigenvalue weighted by Gasteiger charge is -2.34. The van der Waals surface area contributed by atoms with Crippen LogP contribution < -0.4 is 0 Å². The van der Waals surface area contributed by atoms with Crippen molar-refractivity contribution in [1.29, 1.82) is 0 Å². The Morgan fingerprint density at radius 2 is 2.07 bits per heavy atom. The molecular weight excluding hydrogens is 186 g/mol. The average Bonchev–Trinajstić information content (AvgIpc) is 2.25. The minimum atomic E-state index is -0.1000.